The van der Waals surface area contributed by atoms with Gasteiger partial charge in [0.25, 0.3) is 0 Å². The zero-order valence-electron chi connectivity index (χ0n) is 10.5. The van der Waals surface area contributed by atoms with Crippen molar-refractivity contribution < 1.29 is 9.53 Å². The molecule has 0 aromatic rings. The second kappa shape index (κ2) is 5.53. The molecule has 0 amide bonds. The van der Waals surface area contributed by atoms with Crippen molar-refractivity contribution >= 4 is 5.97 Å². The quantitative estimate of drug-likeness (QED) is 0.670. The lowest BCUT2D eigenvalue weighted by atomic mass is 9.75. The van der Waals surface area contributed by atoms with E-state index in [4.69, 9.17) is 4.74 Å². The summed E-state index contributed by atoms with van der Waals surface area (Å²) in [4.78, 5) is 11.3. The van der Waals surface area contributed by atoms with E-state index in [1.54, 1.807) is 0 Å². The first kappa shape index (κ1) is 12.5. The Kier molecular flexibility index (Phi) is 4.62. The van der Waals surface area contributed by atoms with Gasteiger partial charge >= 0.3 is 5.97 Å². The minimum atomic E-state index is -0.0419. The molecule has 1 aliphatic carbocycles. The van der Waals surface area contributed by atoms with Crippen LogP contribution in [0.2, 0.25) is 0 Å². The Balaban J connectivity index is 2.57. The monoisotopic (exact) mass is 212 g/mol. The van der Waals surface area contributed by atoms with E-state index in [2.05, 4.69) is 20.8 Å². The highest BCUT2D eigenvalue weighted by molar-refractivity contribution is 5.69. The smallest absolute Gasteiger partial charge is 0.305 e. The van der Waals surface area contributed by atoms with Crippen LogP contribution in [0.25, 0.3) is 0 Å². The molecule has 3 atom stereocenters. The Morgan fingerprint density at radius 2 is 2.07 bits per heavy atom. The van der Waals surface area contributed by atoms with E-state index >= 15 is 0 Å². The molecular weight excluding hydrogens is 188 g/mol. The summed E-state index contributed by atoms with van der Waals surface area (Å²) in [6.45, 7) is 8.57. The normalized spacial score (nSPS) is 31.7. The number of rotatable bonds is 3. The van der Waals surface area contributed by atoms with Crippen LogP contribution in [0.1, 0.15) is 53.4 Å². The molecule has 88 valence electrons. The lowest BCUT2D eigenvalue weighted by molar-refractivity contribution is -0.155. The Bertz CT molecular complexity index is 211. The molecule has 2 nitrogen and oxygen atoms in total. The molecule has 0 aliphatic heterocycles. The molecule has 1 fully saturated rings. The van der Waals surface area contributed by atoms with Crippen LogP contribution in [-0.2, 0) is 9.53 Å². The number of esters is 1. The summed E-state index contributed by atoms with van der Waals surface area (Å²) in [5, 5.41) is 0. The maximum Gasteiger partial charge on any atom is 0.305 e. The van der Waals surface area contributed by atoms with Gasteiger partial charge in [0, 0.05) is 6.42 Å². The third-order valence-corrected chi connectivity index (χ3v) is 3.53. The van der Waals surface area contributed by atoms with E-state index in [1.807, 2.05) is 6.92 Å². The molecule has 0 unspecified atom stereocenters. The van der Waals surface area contributed by atoms with Crippen LogP contribution in [0, 0.1) is 17.8 Å². The minimum absolute atomic E-state index is 0.0419. The summed E-state index contributed by atoms with van der Waals surface area (Å²) >= 11 is 0. The van der Waals surface area contributed by atoms with Crippen molar-refractivity contribution in [3.05, 3.63) is 0 Å². The molecule has 1 rings (SSSR count). The molecule has 0 radical (unpaired) electrons. The van der Waals surface area contributed by atoms with Gasteiger partial charge in [-0.2, -0.15) is 0 Å². The number of hydrogen-bond donors (Lipinski definition) is 0. The molecule has 0 heterocycles. The summed E-state index contributed by atoms with van der Waals surface area (Å²) in [6, 6.07) is 0. The van der Waals surface area contributed by atoms with E-state index in [1.165, 1.54) is 12.8 Å². The van der Waals surface area contributed by atoms with Crippen LogP contribution in [-0.4, -0.2) is 12.1 Å². The summed E-state index contributed by atoms with van der Waals surface area (Å²) in [5.74, 6) is 1.85. The standard InChI is InChI=1S/C13H24O2/c1-5-13(14)15-12-8-10(4)6-7-11(12)9(2)3/h9-12H,5-8H2,1-4H3/t10-,11+,12-/m1/s1. The fraction of sp³-hybridized carbons (Fsp3) is 0.923. The van der Waals surface area contributed by atoms with Crippen LogP contribution in [0.5, 0.6) is 0 Å². The molecule has 1 aliphatic rings. The van der Waals surface area contributed by atoms with E-state index in [0.717, 1.165) is 6.42 Å². The first-order valence-electron chi connectivity index (χ1n) is 6.24. The number of carbonyl (C=O) groups is 1. The number of hydrogen-bond acceptors (Lipinski definition) is 2. The van der Waals surface area contributed by atoms with Crippen molar-refractivity contribution in [1.82, 2.24) is 0 Å². The second-order valence-electron chi connectivity index (χ2n) is 5.21. The fourth-order valence-corrected chi connectivity index (χ4v) is 2.50. The molecule has 2 heteroatoms. The summed E-state index contributed by atoms with van der Waals surface area (Å²) in [5.41, 5.74) is 0. The van der Waals surface area contributed by atoms with Crippen molar-refractivity contribution in [2.75, 3.05) is 0 Å². The largest absolute Gasteiger partial charge is 0.462 e. The Morgan fingerprint density at radius 1 is 1.40 bits per heavy atom. The predicted octanol–water partition coefficient (Wildman–Crippen LogP) is 3.40. The third kappa shape index (κ3) is 3.51. The Morgan fingerprint density at radius 3 is 2.60 bits per heavy atom. The van der Waals surface area contributed by atoms with E-state index < -0.39 is 0 Å². The van der Waals surface area contributed by atoms with Crippen molar-refractivity contribution in [2.24, 2.45) is 17.8 Å². The van der Waals surface area contributed by atoms with E-state index in [-0.39, 0.29) is 12.1 Å². The molecule has 0 spiro atoms. The third-order valence-electron chi connectivity index (χ3n) is 3.53. The fourth-order valence-electron chi connectivity index (χ4n) is 2.50. The van der Waals surface area contributed by atoms with Crippen molar-refractivity contribution in [3.63, 3.8) is 0 Å². The molecule has 0 bridgehead atoms. The number of carbonyl (C=O) groups excluding carboxylic acids is 1. The second-order valence-corrected chi connectivity index (χ2v) is 5.21. The van der Waals surface area contributed by atoms with Crippen LogP contribution < -0.4 is 0 Å². The molecule has 0 saturated heterocycles. The highest BCUT2D eigenvalue weighted by Crippen LogP contribution is 2.35. The summed E-state index contributed by atoms with van der Waals surface area (Å²) in [7, 11) is 0. The average molecular weight is 212 g/mol. The molecule has 1 saturated carbocycles. The highest BCUT2D eigenvalue weighted by Gasteiger charge is 2.32. The van der Waals surface area contributed by atoms with Crippen molar-refractivity contribution in [3.8, 4) is 0 Å². The zero-order chi connectivity index (χ0) is 11.4. The van der Waals surface area contributed by atoms with Crippen LogP contribution in [0.3, 0.4) is 0 Å². The summed E-state index contributed by atoms with van der Waals surface area (Å²) in [6.07, 6.45) is 4.20. The van der Waals surface area contributed by atoms with Gasteiger partial charge in [-0.05, 0) is 30.6 Å². The maximum atomic E-state index is 11.3. The van der Waals surface area contributed by atoms with Crippen molar-refractivity contribution in [2.45, 2.75) is 59.5 Å². The van der Waals surface area contributed by atoms with E-state index in [9.17, 15) is 4.79 Å². The first-order chi connectivity index (χ1) is 7.04. The van der Waals surface area contributed by atoms with Crippen molar-refractivity contribution in [1.29, 1.82) is 0 Å². The van der Waals surface area contributed by atoms with Gasteiger partial charge in [0.15, 0.2) is 0 Å². The topological polar surface area (TPSA) is 26.3 Å². The lowest BCUT2D eigenvalue weighted by Gasteiger charge is -2.36. The molecular formula is C13H24O2. The average Bonchev–Trinajstić information content (AvgIpc) is 2.17. The van der Waals surface area contributed by atoms with Gasteiger partial charge in [0.1, 0.15) is 6.10 Å². The van der Waals surface area contributed by atoms with Gasteiger partial charge in [0.05, 0.1) is 0 Å². The van der Waals surface area contributed by atoms with Gasteiger partial charge in [-0.3, -0.25) is 4.79 Å². The summed E-state index contributed by atoms with van der Waals surface area (Å²) < 4.78 is 5.55. The Hall–Kier alpha value is -0.530. The first-order valence-corrected chi connectivity index (χ1v) is 6.24. The SMILES string of the molecule is CCC(=O)O[C@@H]1C[C@H](C)CC[C@H]1C(C)C. The molecule has 0 aromatic heterocycles. The molecule has 15 heavy (non-hydrogen) atoms. The lowest BCUT2D eigenvalue weighted by Crippen LogP contribution is -2.35. The van der Waals surface area contributed by atoms with Gasteiger partial charge in [-0.15, -0.1) is 0 Å². The van der Waals surface area contributed by atoms with Crippen LogP contribution in [0.15, 0.2) is 0 Å². The predicted molar refractivity (Wildman–Crippen MR) is 61.5 cm³/mol. The molecule has 0 N–H and O–H groups in total. The van der Waals surface area contributed by atoms with Gasteiger partial charge in [-0.25, -0.2) is 0 Å². The van der Waals surface area contributed by atoms with Gasteiger partial charge in [-0.1, -0.05) is 34.1 Å². The van der Waals surface area contributed by atoms with Gasteiger partial charge < -0.3 is 4.74 Å². The van der Waals surface area contributed by atoms with Crippen LogP contribution in [0.4, 0.5) is 0 Å². The maximum absolute atomic E-state index is 11.3. The minimum Gasteiger partial charge on any atom is -0.462 e. The zero-order valence-corrected chi connectivity index (χ0v) is 10.5. The number of ether oxygens (including phenoxy) is 1. The molecule has 0 aromatic carbocycles. The van der Waals surface area contributed by atoms with E-state index in [0.29, 0.717) is 24.2 Å². The highest BCUT2D eigenvalue weighted by atomic mass is 16.5. The Labute approximate surface area is 93.4 Å². The van der Waals surface area contributed by atoms with Gasteiger partial charge in [0.2, 0.25) is 0 Å². The van der Waals surface area contributed by atoms with Crippen LogP contribution >= 0.6 is 0 Å².